The fourth-order valence-corrected chi connectivity index (χ4v) is 3.88. The molecule has 0 spiro atoms. The molecule has 0 amide bonds. The van der Waals surface area contributed by atoms with E-state index in [-0.39, 0.29) is 24.0 Å². The first-order valence-corrected chi connectivity index (χ1v) is 10.7. The number of ether oxygens (including phenoxy) is 1. The summed E-state index contributed by atoms with van der Waals surface area (Å²) in [6, 6.07) is 19.3. The molecule has 0 saturated carbocycles. The van der Waals surface area contributed by atoms with Crippen molar-refractivity contribution < 1.29 is 4.74 Å². The van der Waals surface area contributed by atoms with E-state index in [1.165, 1.54) is 36.1 Å². The maximum atomic E-state index is 5.94. The van der Waals surface area contributed by atoms with Crippen LogP contribution in [-0.4, -0.2) is 43.6 Å². The van der Waals surface area contributed by atoms with Crippen molar-refractivity contribution in [3.8, 4) is 0 Å². The Morgan fingerprint density at radius 2 is 1.77 bits per heavy atom. The molecule has 1 heterocycles. The fraction of sp³-hybridized carbons (Fsp3) is 0.458. The molecule has 6 heteroatoms. The predicted octanol–water partition coefficient (Wildman–Crippen LogP) is 4.17. The van der Waals surface area contributed by atoms with Gasteiger partial charge in [-0.3, -0.25) is 9.89 Å². The fourth-order valence-electron chi connectivity index (χ4n) is 3.88. The second-order valence-corrected chi connectivity index (χ2v) is 7.48. The van der Waals surface area contributed by atoms with Crippen LogP contribution in [0.2, 0.25) is 0 Å². The van der Waals surface area contributed by atoms with Crippen molar-refractivity contribution >= 4 is 29.9 Å². The number of guanidine groups is 1. The third kappa shape index (κ3) is 7.56. The molecular weight excluding hydrogens is 487 g/mol. The lowest BCUT2D eigenvalue weighted by molar-refractivity contribution is 0.106. The van der Waals surface area contributed by atoms with E-state index in [1.807, 2.05) is 25.2 Å². The maximum absolute atomic E-state index is 5.94. The van der Waals surface area contributed by atoms with Gasteiger partial charge in [-0.1, -0.05) is 61.5 Å². The van der Waals surface area contributed by atoms with Gasteiger partial charge in [-0.05, 0) is 42.6 Å². The van der Waals surface area contributed by atoms with Crippen LogP contribution in [0.4, 0.5) is 0 Å². The molecule has 0 radical (unpaired) electrons. The molecule has 164 valence electrons. The van der Waals surface area contributed by atoms with E-state index < -0.39 is 0 Å². The SMILES string of the molecule is CCN1CCCC1CNC(=NC)NCc1ccccc1COCc1ccccc1.I. The van der Waals surface area contributed by atoms with Crippen molar-refractivity contribution in [2.75, 3.05) is 26.7 Å². The minimum Gasteiger partial charge on any atom is -0.372 e. The summed E-state index contributed by atoms with van der Waals surface area (Å²) >= 11 is 0. The zero-order chi connectivity index (χ0) is 20.3. The third-order valence-electron chi connectivity index (χ3n) is 5.57. The van der Waals surface area contributed by atoms with Gasteiger partial charge in [0.05, 0.1) is 13.2 Å². The second kappa shape index (κ2) is 13.6. The lowest BCUT2D eigenvalue weighted by Crippen LogP contribution is -2.44. The molecule has 3 rings (SSSR count). The Kier molecular flexibility index (Phi) is 11.2. The summed E-state index contributed by atoms with van der Waals surface area (Å²) in [6.07, 6.45) is 2.56. The van der Waals surface area contributed by atoms with Gasteiger partial charge in [0.15, 0.2) is 5.96 Å². The van der Waals surface area contributed by atoms with Crippen LogP contribution in [0.25, 0.3) is 0 Å². The van der Waals surface area contributed by atoms with Crippen LogP contribution in [0, 0.1) is 0 Å². The first kappa shape index (κ1) is 24.6. The van der Waals surface area contributed by atoms with Gasteiger partial charge < -0.3 is 15.4 Å². The molecule has 0 aliphatic carbocycles. The number of hydrogen-bond acceptors (Lipinski definition) is 3. The Morgan fingerprint density at radius 1 is 1.03 bits per heavy atom. The minimum absolute atomic E-state index is 0. The van der Waals surface area contributed by atoms with Gasteiger partial charge in [-0.2, -0.15) is 0 Å². The van der Waals surface area contributed by atoms with Crippen LogP contribution in [0.3, 0.4) is 0 Å². The maximum Gasteiger partial charge on any atom is 0.191 e. The van der Waals surface area contributed by atoms with E-state index in [2.05, 4.69) is 63.8 Å². The summed E-state index contributed by atoms with van der Waals surface area (Å²) in [7, 11) is 1.83. The van der Waals surface area contributed by atoms with Crippen molar-refractivity contribution in [1.82, 2.24) is 15.5 Å². The molecule has 1 atom stereocenters. The topological polar surface area (TPSA) is 48.9 Å². The smallest absolute Gasteiger partial charge is 0.191 e. The second-order valence-electron chi connectivity index (χ2n) is 7.48. The largest absolute Gasteiger partial charge is 0.372 e. The van der Waals surface area contributed by atoms with Crippen LogP contribution in [0.1, 0.15) is 36.5 Å². The zero-order valence-electron chi connectivity index (χ0n) is 18.1. The monoisotopic (exact) mass is 522 g/mol. The molecule has 2 aromatic carbocycles. The highest BCUT2D eigenvalue weighted by molar-refractivity contribution is 14.0. The lowest BCUT2D eigenvalue weighted by Gasteiger charge is -2.24. The molecule has 0 bridgehead atoms. The van der Waals surface area contributed by atoms with Crippen molar-refractivity contribution in [3.05, 3.63) is 71.3 Å². The molecule has 1 saturated heterocycles. The molecular formula is C24H35IN4O. The molecule has 1 fully saturated rings. The van der Waals surface area contributed by atoms with Gasteiger partial charge in [-0.15, -0.1) is 24.0 Å². The Balaban J connectivity index is 0.00000320. The number of nitrogens with one attached hydrogen (secondary N) is 2. The van der Waals surface area contributed by atoms with Crippen LogP contribution in [-0.2, 0) is 24.5 Å². The molecule has 30 heavy (non-hydrogen) atoms. The summed E-state index contributed by atoms with van der Waals surface area (Å²) in [5, 5.41) is 6.95. The summed E-state index contributed by atoms with van der Waals surface area (Å²) in [5.41, 5.74) is 3.64. The molecule has 2 aromatic rings. The molecule has 1 aliphatic heterocycles. The molecule has 1 aliphatic rings. The number of likely N-dealkylation sites (tertiary alicyclic amines) is 1. The summed E-state index contributed by atoms with van der Waals surface area (Å²) in [6.45, 7) is 7.47. The number of likely N-dealkylation sites (N-methyl/N-ethyl adjacent to an activating group) is 1. The van der Waals surface area contributed by atoms with Crippen LogP contribution < -0.4 is 10.6 Å². The highest BCUT2D eigenvalue weighted by Gasteiger charge is 2.22. The Bertz CT molecular complexity index is 769. The van der Waals surface area contributed by atoms with Crippen molar-refractivity contribution in [3.63, 3.8) is 0 Å². The molecule has 5 nitrogen and oxygen atoms in total. The Hall–Kier alpha value is -1.64. The lowest BCUT2D eigenvalue weighted by atomic mass is 10.1. The summed E-state index contributed by atoms with van der Waals surface area (Å²) in [4.78, 5) is 6.93. The standard InChI is InChI=1S/C24H34N4O.HI/c1-3-28-15-9-14-23(28)17-27-24(25-2)26-16-21-12-7-8-13-22(21)19-29-18-20-10-5-4-6-11-20;/h4-8,10-13,23H,3,9,14-19H2,1-2H3,(H2,25,26,27);1H. The van der Waals surface area contributed by atoms with Gasteiger partial charge in [0.25, 0.3) is 0 Å². The molecule has 0 aromatic heterocycles. The van der Waals surface area contributed by atoms with E-state index in [1.54, 1.807) is 0 Å². The highest BCUT2D eigenvalue weighted by Crippen LogP contribution is 2.15. The summed E-state index contributed by atoms with van der Waals surface area (Å²) in [5.74, 6) is 0.855. The van der Waals surface area contributed by atoms with E-state index in [0.29, 0.717) is 19.3 Å². The Labute approximate surface area is 198 Å². The first-order valence-electron chi connectivity index (χ1n) is 10.7. The van der Waals surface area contributed by atoms with E-state index in [9.17, 15) is 0 Å². The van der Waals surface area contributed by atoms with Crippen molar-refractivity contribution in [2.45, 2.75) is 45.6 Å². The minimum atomic E-state index is 0. The van der Waals surface area contributed by atoms with Gasteiger partial charge in [0, 0.05) is 26.2 Å². The summed E-state index contributed by atoms with van der Waals surface area (Å²) < 4.78 is 5.94. The van der Waals surface area contributed by atoms with Crippen LogP contribution in [0.5, 0.6) is 0 Å². The van der Waals surface area contributed by atoms with Gasteiger partial charge in [0.2, 0.25) is 0 Å². The number of halogens is 1. The number of aliphatic imine (C=N–C) groups is 1. The Morgan fingerprint density at radius 3 is 2.50 bits per heavy atom. The van der Waals surface area contributed by atoms with Gasteiger partial charge in [-0.25, -0.2) is 0 Å². The molecule has 1 unspecified atom stereocenters. The zero-order valence-corrected chi connectivity index (χ0v) is 20.5. The number of rotatable bonds is 9. The van der Waals surface area contributed by atoms with E-state index in [4.69, 9.17) is 4.74 Å². The highest BCUT2D eigenvalue weighted by atomic mass is 127. The quantitative estimate of drug-likeness (QED) is 0.295. The first-order chi connectivity index (χ1) is 14.3. The number of benzene rings is 2. The van der Waals surface area contributed by atoms with Crippen molar-refractivity contribution in [2.24, 2.45) is 4.99 Å². The number of nitrogens with zero attached hydrogens (tertiary/aromatic N) is 2. The van der Waals surface area contributed by atoms with Crippen LogP contribution in [0.15, 0.2) is 59.6 Å². The number of hydrogen-bond donors (Lipinski definition) is 2. The van der Waals surface area contributed by atoms with Crippen LogP contribution >= 0.6 is 24.0 Å². The van der Waals surface area contributed by atoms with E-state index in [0.717, 1.165) is 25.6 Å². The third-order valence-corrected chi connectivity index (χ3v) is 5.57. The average Bonchev–Trinajstić information content (AvgIpc) is 3.23. The van der Waals surface area contributed by atoms with Gasteiger partial charge >= 0.3 is 0 Å². The molecule has 2 N–H and O–H groups in total. The average molecular weight is 522 g/mol. The van der Waals surface area contributed by atoms with Gasteiger partial charge in [0.1, 0.15) is 0 Å². The van der Waals surface area contributed by atoms with Crippen molar-refractivity contribution in [1.29, 1.82) is 0 Å². The van der Waals surface area contributed by atoms with E-state index >= 15 is 0 Å². The normalized spacial score (nSPS) is 16.9. The predicted molar refractivity (Wildman–Crippen MR) is 135 cm³/mol.